The summed E-state index contributed by atoms with van der Waals surface area (Å²) in [6.07, 6.45) is -18.4. The van der Waals surface area contributed by atoms with Gasteiger partial charge < -0.3 is 71.6 Å². The van der Waals surface area contributed by atoms with Crippen LogP contribution in [0.2, 0.25) is 0 Å². The van der Waals surface area contributed by atoms with E-state index in [-0.39, 0.29) is 19.4 Å². The van der Waals surface area contributed by atoms with Crippen molar-refractivity contribution in [3.8, 4) is 0 Å². The molecule has 3 unspecified atom stereocenters. The van der Waals surface area contributed by atoms with E-state index in [1.54, 1.807) is 0 Å². The molecule has 12 atom stereocenters. The first-order valence-corrected chi connectivity index (χ1v) is 10.4. The van der Waals surface area contributed by atoms with E-state index in [0.717, 1.165) is 0 Å². The third kappa shape index (κ3) is 5.62. The van der Waals surface area contributed by atoms with Crippen molar-refractivity contribution >= 4 is 5.97 Å². The summed E-state index contributed by atoms with van der Waals surface area (Å²) in [6.45, 7) is -1.90. The lowest BCUT2D eigenvalue weighted by Crippen LogP contribution is -2.76. The molecule has 0 aromatic carbocycles. The summed E-state index contributed by atoms with van der Waals surface area (Å²) in [5.41, 5.74) is 11.1. The Morgan fingerprint density at radius 2 is 1.48 bits per heavy atom. The average molecular weight is 486 g/mol. The molecule has 0 amide bonds. The van der Waals surface area contributed by atoms with Crippen molar-refractivity contribution < 1.29 is 65.0 Å². The van der Waals surface area contributed by atoms with E-state index in [2.05, 4.69) is 0 Å². The first-order valence-electron chi connectivity index (χ1n) is 10.4. The normalized spacial score (nSPS) is 43.7. The number of carbonyl (C=O) groups is 1. The Labute approximate surface area is 188 Å². The Morgan fingerprint density at radius 1 is 0.909 bits per heavy atom. The molecule has 2 aliphatic heterocycles. The van der Waals surface area contributed by atoms with Crippen LogP contribution in [0.15, 0.2) is 0 Å². The van der Waals surface area contributed by atoms with Crippen molar-refractivity contribution in [3.05, 3.63) is 0 Å². The molecule has 0 aliphatic carbocycles. The van der Waals surface area contributed by atoms with Gasteiger partial charge in [0.1, 0.15) is 48.8 Å². The van der Waals surface area contributed by atoms with Crippen molar-refractivity contribution in [2.45, 2.75) is 85.7 Å². The van der Waals surface area contributed by atoms with Gasteiger partial charge in [0.05, 0.1) is 19.3 Å². The molecular weight excluding hydrogens is 452 g/mol. The highest BCUT2D eigenvalue weighted by Gasteiger charge is 2.65. The summed E-state index contributed by atoms with van der Waals surface area (Å²) < 4.78 is 16.1. The molecule has 2 heterocycles. The SMILES string of the molecule is NCC(O)CC[C@H](N)C(=O)OC1(C2O[C@H](CO)[C@@H](O)[C@H](O)[C@H]2O)O[C@H](CO)[C@H](O)[C@H](O)[C@H]1O. The number of nitrogens with two attached hydrogens (primary N) is 2. The number of aliphatic hydroxyl groups is 9. The van der Waals surface area contributed by atoms with Crippen molar-refractivity contribution in [1.82, 2.24) is 0 Å². The molecule has 15 heteroatoms. The van der Waals surface area contributed by atoms with E-state index in [9.17, 15) is 50.8 Å². The number of hydrogen-bond acceptors (Lipinski definition) is 15. The van der Waals surface area contributed by atoms with Gasteiger partial charge in [-0.3, -0.25) is 4.79 Å². The monoisotopic (exact) mass is 486 g/mol. The topological polar surface area (TPSA) is 279 Å². The van der Waals surface area contributed by atoms with Crippen molar-refractivity contribution in [2.75, 3.05) is 19.8 Å². The fraction of sp³-hybridized carbons (Fsp3) is 0.944. The predicted molar refractivity (Wildman–Crippen MR) is 105 cm³/mol. The first kappa shape index (κ1) is 28.2. The summed E-state index contributed by atoms with van der Waals surface area (Å²) in [4.78, 5) is 12.7. The second-order valence-corrected chi connectivity index (χ2v) is 8.23. The average Bonchev–Trinajstić information content (AvgIpc) is 2.81. The third-order valence-corrected chi connectivity index (χ3v) is 5.92. The minimum absolute atomic E-state index is 0.00380. The van der Waals surface area contributed by atoms with E-state index < -0.39 is 92.1 Å². The van der Waals surface area contributed by atoms with Crippen molar-refractivity contribution in [3.63, 3.8) is 0 Å². The van der Waals surface area contributed by atoms with Crippen LogP contribution in [0.3, 0.4) is 0 Å². The summed E-state index contributed by atoms with van der Waals surface area (Å²) in [5, 5.41) is 90.5. The van der Waals surface area contributed by atoms with Crippen molar-refractivity contribution in [2.24, 2.45) is 11.5 Å². The highest BCUT2D eigenvalue weighted by Crippen LogP contribution is 2.40. The van der Waals surface area contributed by atoms with Gasteiger partial charge in [-0.1, -0.05) is 0 Å². The van der Waals surface area contributed by atoms with Gasteiger partial charge in [0, 0.05) is 6.54 Å². The van der Waals surface area contributed by atoms with Crippen LogP contribution in [0.1, 0.15) is 12.8 Å². The maximum Gasteiger partial charge on any atom is 0.325 e. The molecule has 0 aromatic heterocycles. The van der Waals surface area contributed by atoms with E-state index in [0.29, 0.717) is 0 Å². The maximum atomic E-state index is 12.7. The summed E-state index contributed by atoms with van der Waals surface area (Å²) in [6, 6.07) is -1.42. The summed E-state index contributed by atoms with van der Waals surface area (Å²) in [5.74, 6) is -4.10. The van der Waals surface area contributed by atoms with Gasteiger partial charge in [-0.05, 0) is 12.8 Å². The Bertz CT molecular complexity index is 640. The fourth-order valence-electron chi connectivity index (χ4n) is 3.82. The van der Waals surface area contributed by atoms with Crippen LogP contribution in [0.25, 0.3) is 0 Å². The molecule has 2 fully saturated rings. The van der Waals surface area contributed by atoms with E-state index in [1.807, 2.05) is 0 Å². The lowest BCUT2D eigenvalue weighted by atomic mass is 9.83. The molecule has 13 N–H and O–H groups in total. The minimum Gasteiger partial charge on any atom is -0.426 e. The zero-order chi connectivity index (χ0) is 25.1. The van der Waals surface area contributed by atoms with Gasteiger partial charge in [0.15, 0.2) is 12.2 Å². The largest absolute Gasteiger partial charge is 0.426 e. The fourth-order valence-corrected chi connectivity index (χ4v) is 3.82. The van der Waals surface area contributed by atoms with E-state index in [4.69, 9.17) is 25.7 Å². The molecular formula is C18H34N2O13. The maximum absolute atomic E-state index is 12.7. The predicted octanol–water partition coefficient (Wildman–Crippen LogP) is -7.03. The third-order valence-electron chi connectivity index (χ3n) is 5.92. The quantitative estimate of drug-likeness (QED) is 0.135. The van der Waals surface area contributed by atoms with Crippen LogP contribution in [-0.2, 0) is 19.0 Å². The number of hydrogen-bond donors (Lipinski definition) is 11. The second-order valence-electron chi connectivity index (χ2n) is 8.23. The zero-order valence-electron chi connectivity index (χ0n) is 17.7. The highest BCUT2D eigenvalue weighted by atomic mass is 16.8. The lowest BCUT2D eigenvalue weighted by Gasteiger charge is -2.54. The van der Waals surface area contributed by atoms with Crippen LogP contribution >= 0.6 is 0 Å². The standard InChI is InChI=1S/C18H34N2O13/c19-3-6(23)1-2-7(20)17(30)33-18(15(29)13(27)11(25)9(5-22)32-18)16-14(28)12(26)10(24)8(4-21)31-16/h6-16,21-29H,1-5,19-20H2/t6?,7-,8+,9+,10+,11-,12-,13-,14+,15+,16?,18?/m0/s1. The zero-order valence-corrected chi connectivity index (χ0v) is 17.7. The van der Waals surface area contributed by atoms with Crippen LogP contribution in [0.4, 0.5) is 0 Å². The number of carbonyl (C=O) groups excluding carboxylic acids is 1. The van der Waals surface area contributed by atoms with Gasteiger partial charge in [-0.2, -0.15) is 0 Å². The number of ether oxygens (including phenoxy) is 3. The Hall–Kier alpha value is -1.05. The van der Waals surface area contributed by atoms with Gasteiger partial charge in [0.25, 0.3) is 5.79 Å². The molecule has 2 rings (SSSR count). The number of aliphatic hydroxyl groups excluding tert-OH is 9. The molecule has 194 valence electrons. The van der Waals surface area contributed by atoms with E-state index >= 15 is 0 Å². The van der Waals surface area contributed by atoms with Crippen LogP contribution in [0, 0.1) is 0 Å². The van der Waals surface area contributed by atoms with Gasteiger partial charge in [-0.25, -0.2) is 0 Å². The lowest BCUT2D eigenvalue weighted by molar-refractivity contribution is -0.406. The van der Waals surface area contributed by atoms with Gasteiger partial charge in [0.2, 0.25) is 0 Å². The first-order chi connectivity index (χ1) is 15.4. The molecule has 0 bridgehead atoms. The molecule has 2 aliphatic rings. The van der Waals surface area contributed by atoms with Crippen LogP contribution in [-0.4, -0.2) is 145 Å². The minimum atomic E-state index is -2.85. The summed E-state index contributed by atoms with van der Waals surface area (Å²) in [7, 11) is 0. The van der Waals surface area contributed by atoms with Crippen LogP contribution in [0.5, 0.6) is 0 Å². The number of esters is 1. The molecule has 0 aromatic rings. The second kappa shape index (κ2) is 11.6. The smallest absolute Gasteiger partial charge is 0.325 e. The summed E-state index contributed by atoms with van der Waals surface area (Å²) >= 11 is 0. The molecule has 0 saturated carbocycles. The molecule has 0 radical (unpaired) electrons. The van der Waals surface area contributed by atoms with Gasteiger partial charge in [-0.15, -0.1) is 0 Å². The molecule has 0 spiro atoms. The Morgan fingerprint density at radius 3 is 2.03 bits per heavy atom. The Kier molecular flexibility index (Phi) is 9.90. The van der Waals surface area contributed by atoms with Crippen molar-refractivity contribution in [1.29, 1.82) is 0 Å². The molecule has 2 saturated heterocycles. The molecule has 33 heavy (non-hydrogen) atoms. The van der Waals surface area contributed by atoms with E-state index in [1.165, 1.54) is 0 Å². The van der Waals surface area contributed by atoms with Gasteiger partial charge >= 0.3 is 5.97 Å². The Balaban J connectivity index is 2.43. The molecule has 15 nitrogen and oxygen atoms in total. The number of rotatable bonds is 9. The highest BCUT2D eigenvalue weighted by molar-refractivity contribution is 5.76. The van der Waals surface area contributed by atoms with Crippen LogP contribution < -0.4 is 11.5 Å².